The van der Waals surface area contributed by atoms with Gasteiger partial charge >= 0.3 is 5.97 Å². The van der Waals surface area contributed by atoms with Crippen molar-refractivity contribution in [3.8, 4) is 0 Å². The highest BCUT2D eigenvalue weighted by Gasteiger charge is 2.41. The maximum atomic E-state index is 11.3. The van der Waals surface area contributed by atoms with E-state index in [-0.39, 0.29) is 0 Å². The number of aryl methyl sites for hydroxylation is 3. The van der Waals surface area contributed by atoms with Crippen molar-refractivity contribution in [2.24, 2.45) is 5.41 Å². The zero-order chi connectivity index (χ0) is 13.5. The van der Waals surface area contributed by atoms with E-state index in [9.17, 15) is 9.90 Å². The summed E-state index contributed by atoms with van der Waals surface area (Å²) in [4.78, 5) is 13.5. The van der Waals surface area contributed by atoms with Crippen molar-refractivity contribution in [3.63, 3.8) is 0 Å². The summed E-state index contributed by atoms with van der Waals surface area (Å²) in [6.45, 7) is 9.57. The first-order valence-electron chi connectivity index (χ1n) is 6.40. The molecule has 1 unspecified atom stereocenters. The summed E-state index contributed by atoms with van der Waals surface area (Å²) in [6.07, 6.45) is 0.717. The van der Waals surface area contributed by atoms with Gasteiger partial charge in [0.05, 0.1) is 5.41 Å². The molecule has 1 heterocycles. The molecule has 18 heavy (non-hydrogen) atoms. The van der Waals surface area contributed by atoms with Gasteiger partial charge in [-0.25, -0.2) is 0 Å². The van der Waals surface area contributed by atoms with Crippen LogP contribution in [0.15, 0.2) is 12.1 Å². The molecule has 3 nitrogen and oxygen atoms in total. The topological polar surface area (TPSA) is 40.5 Å². The minimum absolute atomic E-state index is 0.604. The Morgan fingerprint density at radius 2 is 1.83 bits per heavy atom. The van der Waals surface area contributed by atoms with Gasteiger partial charge in [0.25, 0.3) is 0 Å². The van der Waals surface area contributed by atoms with E-state index in [1.54, 1.807) is 0 Å². The predicted octanol–water partition coefficient (Wildman–Crippen LogP) is 2.91. The van der Waals surface area contributed by atoms with Gasteiger partial charge in [0.2, 0.25) is 0 Å². The predicted molar refractivity (Wildman–Crippen MR) is 73.2 cm³/mol. The molecule has 98 valence electrons. The largest absolute Gasteiger partial charge is 0.481 e. The van der Waals surface area contributed by atoms with Gasteiger partial charge in [0.15, 0.2) is 0 Å². The van der Waals surface area contributed by atoms with Crippen LogP contribution in [-0.2, 0) is 4.79 Å². The molecule has 0 radical (unpaired) electrons. The molecule has 0 spiro atoms. The molecule has 1 aliphatic rings. The molecule has 0 amide bonds. The summed E-state index contributed by atoms with van der Waals surface area (Å²) < 4.78 is 0. The van der Waals surface area contributed by atoms with Crippen LogP contribution in [0.25, 0.3) is 0 Å². The maximum Gasteiger partial charge on any atom is 0.311 e. The second kappa shape index (κ2) is 4.30. The fourth-order valence-electron chi connectivity index (χ4n) is 3.00. The third-order valence-electron chi connectivity index (χ3n) is 3.94. The van der Waals surface area contributed by atoms with Crippen LogP contribution in [0.1, 0.15) is 30.0 Å². The number of anilines is 1. The number of aliphatic carboxylic acids is 1. The Balaban J connectivity index is 2.33. The smallest absolute Gasteiger partial charge is 0.311 e. The fourth-order valence-corrected chi connectivity index (χ4v) is 3.00. The van der Waals surface area contributed by atoms with Crippen LogP contribution < -0.4 is 4.90 Å². The molecule has 1 atom stereocenters. The van der Waals surface area contributed by atoms with Crippen molar-refractivity contribution in [2.75, 3.05) is 18.0 Å². The lowest BCUT2D eigenvalue weighted by molar-refractivity contribution is -0.146. The first-order chi connectivity index (χ1) is 8.33. The number of hydrogen-bond donors (Lipinski definition) is 1. The number of carboxylic acids is 1. The lowest BCUT2D eigenvalue weighted by Crippen LogP contribution is -2.32. The van der Waals surface area contributed by atoms with Crippen LogP contribution in [-0.4, -0.2) is 24.2 Å². The Kier molecular flexibility index (Phi) is 3.09. The molecule has 0 aliphatic carbocycles. The number of carboxylic acid groups (broad SMARTS) is 1. The van der Waals surface area contributed by atoms with Gasteiger partial charge in [0.1, 0.15) is 0 Å². The number of nitrogens with zero attached hydrogens (tertiary/aromatic N) is 1. The molecular weight excluding hydrogens is 226 g/mol. The van der Waals surface area contributed by atoms with E-state index in [1.165, 1.54) is 22.4 Å². The van der Waals surface area contributed by atoms with Crippen LogP contribution in [0.2, 0.25) is 0 Å². The van der Waals surface area contributed by atoms with Crippen LogP contribution in [0.5, 0.6) is 0 Å². The molecule has 0 saturated carbocycles. The molecule has 1 N–H and O–H groups in total. The Hall–Kier alpha value is -1.51. The number of carbonyl (C=O) groups is 1. The molecule has 0 bridgehead atoms. The average molecular weight is 247 g/mol. The Morgan fingerprint density at radius 3 is 2.28 bits per heavy atom. The quantitative estimate of drug-likeness (QED) is 0.873. The first kappa shape index (κ1) is 12.9. The van der Waals surface area contributed by atoms with Gasteiger partial charge in [-0.1, -0.05) is 17.7 Å². The van der Waals surface area contributed by atoms with E-state index in [2.05, 4.69) is 37.8 Å². The van der Waals surface area contributed by atoms with Gasteiger partial charge in [0, 0.05) is 18.8 Å². The Morgan fingerprint density at radius 1 is 1.28 bits per heavy atom. The van der Waals surface area contributed by atoms with Crippen molar-refractivity contribution in [3.05, 3.63) is 28.8 Å². The van der Waals surface area contributed by atoms with Crippen LogP contribution in [0.4, 0.5) is 5.69 Å². The van der Waals surface area contributed by atoms with Gasteiger partial charge in [-0.2, -0.15) is 0 Å². The van der Waals surface area contributed by atoms with E-state index in [4.69, 9.17) is 0 Å². The molecule has 1 fully saturated rings. The Labute approximate surface area is 108 Å². The third-order valence-corrected chi connectivity index (χ3v) is 3.94. The van der Waals surface area contributed by atoms with Crippen molar-refractivity contribution in [1.29, 1.82) is 0 Å². The molecule has 1 aliphatic heterocycles. The van der Waals surface area contributed by atoms with Crippen molar-refractivity contribution in [2.45, 2.75) is 34.1 Å². The van der Waals surface area contributed by atoms with Crippen molar-refractivity contribution in [1.82, 2.24) is 0 Å². The van der Waals surface area contributed by atoms with E-state index in [0.29, 0.717) is 6.54 Å². The summed E-state index contributed by atoms with van der Waals surface area (Å²) in [5, 5.41) is 9.29. The number of rotatable bonds is 2. The maximum absolute atomic E-state index is 11.3. The SMILES string of the molecule is Cc1cc(C)c(N2CCC(C)(C(=O)O)C2)c(C)c1. The lowest BCUT2D eigenvalue weighted by atomic mass is 9.90. The number of benzene rings is 1. The molecule has 3 heteroatoms. The van der Waals surface area contributed by atoms with E-state index >= 15 is 0 Å². The van der Waals surface area contributed by atoms with Crippen LogP contribution in [0, 0.1) is 26.2 Å². The highest BCUT2D eigenvalue weighted by molar-refractivity contribution is 5.77. The molecule has 0 aromatic heterocycles. The second-order valence-electron chi connectivity index (χ2n) is 5.78. The van der Waals surface area contributed by atoms with Crippen molar-refractivity contribution >= 4 is 11.7 Å². The van der Waals surface area contributed by atoms with Gasteiger partial charge in [-0.3, -0.25) is 4.79 Å². The highest BCUT2D eigenvalue weighted by Crippen LogP contribution is 2.36. The monoisotopic (exact) mass is 247 g/mol. The van der Waals surface area contributed by atoms with E-state index in [1.807, 2.05) is 6.92 Å². The zero-order valence-electron chi connectivity index (χ0n) is 11.6. The first-order valence-corrected chi connectivity index (χ1v) is 6.40. The van der Waals surface area contributed by atoms with Gasteiger partial charge < -0.3 is 10.0 Å². The normalized spacial score (nSPS) is 23.4. The summed E-state index contributed by atoms with van der Waals surface area (Å²) in [7, 11) is 0. The van der Waals surface area contributed by atoms with Crippen molar-refractivity contribution < 1.29 is 9.90 Å². The minimum atomic E-state index is -0.688. The van der Waals surface area contributed by atoms with Gasteiger partial charge in [-0.05, 0) is 45.2 Å². The zero-order valence-corrected chi connectivity index (χ0v) is 11.6. The second-order valence-corrected chi connectivity index (χ2v) is 5.78. The average Bonchev–Trinajstić information content (AvgIpc) is 2.60. The van der Waals surface area contributed by atoms with E-state index < -0.39 is 11.4 Å². The Bertz CT molecular complexity index is 472. The standard InChI is InChI=1S/C15H21NO2/c1-10-7-11(2)13(12(3)8-10)16-6-5-15(4,9-16)14(17)18/h7-8H,5-6,9H2,1-4H3,(H,17,18). The third kappa shape index (κ3) is 2.09. The summed E-state index contributed by atoms with van der Waals surface area (Å²) in [6, 6.07) is 4.33. The van der Waals surface area contributed by atoms with Gasteiger partial charge in [-0.15, -0.1) is 0 Å². The molecule has 2 rings (SSSR count). The molecule has 1 aromatic rings. The fraction of sp³-hybridized carbons (Fsp3) is 0.533. The summed E-state index contributed by atoms with van der Waals surface area (Å²) in [5.74, 6) is -0.688. The summed E-state index contributed by atoms with van der Waals surface area (Å²) in [5.41, 5.74) is 4.34. The molecular formula is C15H21NO2. The highest BCUT2D eigenvalue weighted by atomic mass is 16.4. The molecule has 1 saturated heterocycles. The van der Waals surface area contributed by atoms with E-state index in [0.717, 1.165) is 13.0 Å². The van der Waals surface area contributed by atoms with Crippen LogP contribution >= 0.6 is 0 Å². The lowest BCUT2D eigenvalue weighted by Gasteiger charge is -2.25. The molecule has 1 aromatic carbocycles. The minimum Gasteiger partial charge on any atom is -0.481 e. The summed E-state index contributed by atoms with van der Waals surface area (Å²) >= 11 is 0. The number of hydrogen-bond acceptors (Lipinski definition) is 2. The van der Waals surface area contributed by atoms with Crippen LogP contribution in [0.3, 0.4) is 0 Å².